The third-order valence-electron chi connectivity index (χ3n) is 5.69. The summed E-state index contributed by atoms with van der Waals surface area (Å²) in [6, 6.07) is 2.92. The van der Waals surface area contributed by atoms with Gasteiger partial charge in [0.2, 0.25) is 5.91 Å². The number of fused-ring (bicyclic) bond motifs is 1. The SMILES string of the molecule is Cc1nc(CC2CC(NC(=O)Nc3ccc(Cl)nc3)C2)nc2c1NC(=O)[C@H](C)N2C. The van der Waals surface area contributed by atoms with Crippen LogP contribution >= 0.6 is 11.6 Å². The second-order valence-corrected chi connectivity index (χ2v) is 8.29. The number of aryl methyl sites for hydroxylation is 1. The van der Waals surface area contributed by atoms with Crippen LogP contribution in [0.4, 0.5) is 22.0 Å². The summed E-state index contributed by atoms with van der Waals surface area (Å²) in [5, 5.41) is 8.99. The summed E-state index contributed by atoms with van der Waals surface area (Å²) in [7, 11) is 1.87. The third kappa shape index (κ3) is 4.16. The molecule has 10 heteroatoms. The van der Waals surface area contributed by atoms with Crippen LogP contribution in [0.1, 0.15) is 31.3 Å². The molecule has 3 heterocycles. The first-order chi connectivity index (χ1) is 14.3. The number of carbonyl (C=O) groups is 2. The highest BCUT2D eigenvalue weighted by molar-refractivity contribution is 6.29. The number of nitrogens with zero attached hydrogens (tertiary/aromatic N) is 4. The van der Waals surface area contributed by atoms with Gasteiger partial charge in [0.25, 0.3) is 0 Å². The highest BCUT2D eigenvalue weighted by Gasteiger charge is 2.33. The van der Waals surface area contributed by atoms with Crippen LogP contribution in [0.25, 0.3) is 0 Å². The molecule has 9 nitrogen and oxygen atoms in total. The topological polar surface area (TPSA) is 112 Å². The van der Waals surface area contributed by atoms with Crippen LogP contribution in [0.3, 0.4) is 0 Å². The van der Waals surface area contributed by atoms with Crippen LogP contribution in [0.5, 0.6) is 0 Å². The van der Waals surface area contributed by atoms with Crippen molar-refractivity contribution >= 4 is 40.7 Å². The quantitative estimate of drug-likeness (QED) is 0.644. The van der Waals surface area contributed by atoms with Crippen molar-refractivity contribution in [1.82, 2.24) is 20.3 Å². The van der Waals surface area contributed by atoms with E-state index in [0.717, 1.165) is 36.6 Å². The maximum atomic E-state index is 12.1. The lowest BCUT2D eigenvalue weighted by Gasteiger charge is -2.36. The Bertz CT molecular complexity index is 976. The lowest BCUT2D eigenvalue weighted by Crippen LogP contribution is -2.47. The first kappa shape index (κ1) is 20.3. The van der Waals surface area contributed by atoms with E-state index in [-0.39, 0.29) is 24.0 Å². The van der Waals surface area contributed by atoms with Crippen LogP contribution < -0.4 is 20.9 Å². The van der Waals surface area contributed by atoms with E-state index < -0.39 is 0 Å². The fourth-order valence-electron chi connectivity index (χ4n) is 3.78. The molecule has 0 bridgehead atoms. The predicted molar refractivity (Wildman–Crippen MR) is 115 cm³/mol. The van der Waals surface area contributed by atoms with Gasteiger partial charge in [-0.05, 0) is 44.7 Å². The minimum absolute atomic E-state index is 0.0509. The highest BCUT2D eigenvalue weighted by Crippen LogP contribution is 2.34. The average molecular weight is 430 g/mol. The van der Waals surface area contributed by atoms with E-state index in [1.54, 1.807) is 12.1 Å². The van der Waals surface area contributed by atoms with Crippen LogP contribution in [0.2, 0.25) is 5.15 Å². The zero-order valence-electron chi connectivity index (χ0n) is 17.1. The van der Waals surface area contributed by atoms with Gasteiger partial charge in [0, 0.05) is 19.5 Å². The van der Waals surface area contributed by atoms with Crippen molar-refractivity contribution < 1.29 is 9.59 Å². The molecule has 1 atom stereocenters. The number of halogens is 1. The van der Waals surface area contributed by atoms with Gasteiger partial charge in [-0.2, -0.15) is 0 Å². The van der Waals surface area contributed by atoms with E-state index in [4.69, 9.17) is 16.6 Å². The third-order valence-corrected chi connectivity index (χ3v) is 5.91. The van der Waals surface area contributed by atoms with Crippen molar-refractivity contribution in [2.24, 2.45) is 5.92 Å². The Morgan fingerprint density at radius 2 is 2.10 bits per heavy atom. The van der Waals surface area contributed by atoms with Gasteiger partial charge < -0.3 is 20.9 Å². The smallest absolute Gasteiger partial charge is 0.319 e. The summed E-state index contributed by atoms with van der Waals surface area (Å²) in [5.74, 6) is 1.88. The number of hydrogen-bond donors (Lipinski definition) is 3. The number of aromatic nitrogens is 3. The number of nitrogens with one attached hydrogen (secondary N) is 3. The minimum atomic E-state index is -0.272. The maximum absolute atomic E-state index is 12.1. The van der Waals surface area contributed by atoms with Crippen molar-refractivity contribution in [3.63, 3.8) is 0 Å². The number of pyridine rings is 1. The molecule has 0 unspecified atom stereocenters. The van der Waals surface area contributed by atoms with Crippen LogP contribution in [0, 0.1) is 12.8 Å². The zero-order valence-corrected chi connectivity index (χ0v) is 17.8. The molecule has 1 saturated carbocycles. The van der Waals surface area contributed by atoms with E-state index in [9.17, 15) is 9.59 Å². The summed E-state index contributed by atoms with van der Waals surface area (Å²) in [6.07, 6.45) is 4.00. The van der Waals surface area contributed by atoms with Gasteiger partial charge in [-0.1, -0.05) is 11.6 Å². The van der Waals surface area contributed by atoms with Gasteiger partial charge in [0.15, 0.2) is 5.82 Å². The molecular formula is C20H24ClN7O2. The number of rotatable bonds is 4. The highest BCUT2D eigenvalue weighted by atomic mass is 35.5. The molecule has 158 valence electrons. The Kier molecular flexibility index (Phi) is 5.46. The Labute approximate surface area is 179 Å². The van der Waals surface area contributed by atoms with Gasteiger partial charge in [-0.25, -0.2) is 19.7 Å². The summed E-state index contributed by atoms with van der Waals surface area (Å²) in [4.78, 5) is 39.2. The molecule has 2 aliphatic rings. The summed E-state index contributed by atoms with van der Waals surface area (Å²) in [5.41, 5.74) is 2.05. The molecule has 0 saturated heterocycles. The summed E-state index contributed by atoms with van der Waals surface area (Å²) in [6.45, 7) is 3.73. The standard InChI is InChI=1S/C20H24ClN7O2/c1-10-17-18(28(3)11(2)19(29)27-17)26-16(23-10)8-12-6-14(7-12)25-20(30)24-13-4-5-15(21)22-9-13/h4-5,9,11-12,14H,6-8H2,1-3H3,(H,27,29)(H2,24,25,30)/t11-,12?,14?/m0/s1. The predicted octanol–water partition coefficient (Wildman–Crippen LogP) is 2.75. The van der Waals surface area contributed by atoms with Gasteiger partial charge >= 0.3 is 6.03 Å². The Balaban J connectivity index is 1.31. The molecule has 30 heavy (non-hydrogen) atoms. The fraction of sp³-hybridized carbons (Fsp3) is 0.450. The van der Waals surface area contributed by atoms with Gasteiger partial charge in [-0.15, -0.1) is 0 Å². The number of urea groups is 1. The molecular weight excluding hydrogens is 406 g/mol. The number of amides is 3. The molecule has 3 N–H and O–H groups in total. The number of anilines is 3. The molecule has 1 fully saturated rings. The normalized spacial score (nSPS) is 22.6. The first-order valence-electron chi connectivity index (χ1n) is 9.90. The fourth-order valence-corrected chi connectivity index (χ4v) is 3.89. The van der Waals surface area contributed by atoms with Crippen molar-refractivity contribution in [2.75, 3.05) is 22.6 Å². The molecule has 2 aromatic heterocycles. The minimum Gasteiger partial charge on any atom is -0.346 e. The molecule has 2 aromatic rings. The van der Waals surface area contributed by atoms with Gasteiger partial charge in [-0.3, -0.25) is 4.79 Å². The van der Waals surface area contributed by atoms with Gasteiger partial charge in [0.1, 0.15) is 22.7 Å². The van der Waals surface area contributed by atoms with Crippen LogP contribution in [-0.4, -0.2) is 46.0 Å². The van der Waals surface area contributed by atoms with Crippen molar-refractivity contribution in [2.45, 2.75) is 45.2 Å². The zero-order chi connectivity index (χ0) is 21.4. The Hall–Kier alpha value is -2.94. The molecule has 0 radical (unpaired) electrons. The molecule has 3 amide bonds. The summed E-state index contributed by atoms with van der Waals surface area (Å²) >= 11 is 5.75. The van der Waals surface area contributed by atoms with E-state index >= 15 is 0 Å². The van der Waals surface area contributed by atoms with Crippen LogP contribution in [-0.2, 0) is 11.2 Å². The molecule has 1 aliphatic carbocycles. The first-order valence-corrected chi connectivity index (χ1v) is 10.3. The second kappa shape index (κ2) is 8.06. The molecule has 1 aliphatic heterocycles. The lowest BCUT2D eigenvalue weighted by atomic mass is 9.78. The Morgan fingerprint density at radius 1 is 1.33 bits per heavy atom. The Morgan fingerprint density at radius 3 is 2.80 bits per heavy atom. The molecule has 4 rings (SSSR count). The number of hydrogen-bond acceptors (Lipinski definition) is 6. The monoisotopic (exact) mass is 429 g/mol. The number of likely N-dealkylation sites (N-methyl/N-ethyl adjacent to an activating group) is 1. The second-order valence-electron chi connectivity index (χ2n) is 7.91. The molecule has 0 spiro atoms. The van der Waals surface area contributed by atoms with E-state index in [1.807, 2.05) is 25.8 Å². The molecule has 0 aromatic carbocycles. The van der Waals surface area contributed by atoms with Crippen molar-refractivity contribution in [1.29, 1.82) is 0 Å². The van der Waals surface area contributed by atoms with Crippen molar-refractivity contribution in [3.8, 4) is 0 Å². The average Bonchev–Trinajstić information content (AvgIpc) is 2.67. The van der Waals surface area contributed by atoms with E-state index in [0.29, 0.717) is 22.4 Å². The van der Waals surface area contributed by atoms with Crippen molar-refractivity contribution in [3.05, 3.63) is 35.0 Å². The van der Waals surface area contributed by atoms with E-state index in [1.165, 1.54) is 6.20 Å². The lowest BCUT2D eigenvalue weighted by molar-refractivity contribution is -0.117. The number of carbonyl (C=O) groups excluding carboxylic acids is 2. The van der Waals surface area contributed by atoms with Gasteiger partial charge in [0.05, 0.1) is 17.6 Å². The maximum Gasteiger partial charge on any atom is 0.319 e. The summed E-state index contributed by atoms with van der Waals surface area (Å²) < 4.78 is 0. The van der Waals surface area contributed by atoms with Crippen LogP contribution in [0.15, 0.2) is 18.3 Å². The largest absolute Gasteiger partial charge is 0.346 e. The van der Waals surface area contributed by atoms with E-state index in [2.05, 4.69) is 25.9 Å².